The first kappa shape index (κ1) is 24.5. The van der Waals surface area contributed by atoms with Crippen molar-refractivity contribution in [3.63, 3.8) is 0 Å². The van der Waals surface area contributed by atoms with Gasteiger partial charge in [0.25, 0.3) is 0 Å². The van der Waals surface area contributed by atoms with Crippen LogP contribution in [-0.2, 0) is 6.54 Å². The van der Waals surface area contributed by atoms with Gasteiger partial charge in [-0.1, -0.05) is 0 Å². The first-order chi connectivity index (χ1) is 18.0. The van der Waals surface area contributed by atoms with Gasteiger partial charge >= 0.3 is 0 Å². The van der Waals surface area contributed by atoms with E-state index in [9.17, 15) is 9.65 Å². The van der Waals surface area contributed by atoms with Crippen molar-refractivity contribution in [3.8, 4) is 45.7 Å². The molecule has 7 nitrogen and oxygen atoms in total. The summed E-state index contributed by atoms with van der Waals surface area (Å²) < 4.78 is 47.4. The third kappa shape index (κ3) is 4.23. The number of likely N-dealkylation sites (tertiary alicyclic amines) is 1. The highest BCUT2D eigenvalue weighted by Gasteiger charge is 2.25. The van der Waals surface area contributed by atoms with Gasteiger partial charge < -0.3 is 14.2 Å². The van der Waals surface area contributed by atoms with E-state index in [1.807, 2.05) is 0 Å². The first-order valence-corrected chi connectivity index (χ1v) is 11.9. The monoisotopic (exact) mass is 504 g/mol. The van der Waals surface area contributed by atoms with Crippen molar-refractivity contribution in [1.29, 1.82) is 5.26 Å². The quantitative estimate of drug-likeness (QED) is 0.334. The molecule has 1 saturated heterocycles. The summed E-state index contributed by atoms with van der Waals surface area (Å²) in [5.41, 5.74) is 3.16. The number of nitriles is 1. The largest absolute Gasteiger partial charge is 0.493 e. The lowest BCUT2D eigenvalue weighted by Crippen LogP contribution is -2.19. The van der Waals surface area contributed by atoms with E-state index in [2.05, 4.69) is 16.0 Å². The molecule has 1 fully saturated rings. The van der Waals surface area contributed by atoms with E-state index in [1.165, 1.54) is 33.5 Å². The van der Waals surface area contributed by atoms with Crippen LogP contribution in [0.2, 0.25) is 0 Å². The second kappa shape index (κ2) is 10.1. The summed E-state index contributed by atoms with van der Waals surface area (Å²) in [5.74, 6) is -0.204. The predicted molar refractivity (Wildman–Crippen MR) is 135 cm³/mol. The predicted octanol–water partition coefficient (Wildman–Crippen LogP) is 5.44. The van der Waals surface area contributed by atoms with Crippen LogP contribution < -0.4 is 14.2 Å². The zero-order valence-corrected chi connectivity index (χ0v) is 20.8. The number of rotatable bonds is 7. The second-order valence-corrected chi connectivity index (χ2v) is 8.83. The Morgan fingerprint density at radius 3 is 2.30 bits per heavy atom. The third-order valence-electron chi connectivity index (χ3n) is 6.75. The number of ether oxygens (including phenoxy) is 3. The Hall–Kier alpha value is -4.16. The summed E-state index contributed by atoms with van der Waals surface area (Å²) in [7, 11) is 4.51. The van der Waals surface area contributed by atoms with Gasteiger partial charge in [0.1, 0.15) is 23.3 Å². The maximum atomic E-state index is 15.2. The lowest BCUT2D eigenvalue weighted by Gasteiger charge is -2.20. The number of halogens is 2. The van der Waals surface area contributed by atoms with Gasteiger partial charge in [0.15, 0.2) is 17.1 Å². The van der Waals surface area contributed by atoms with Crippen LogP contribution in [0.1, 0.15) is 24.1 Å². The number of pyridine rings is 1. The normalized spacial score (nSPS) is 13.6. The zero-order chi connectivity index (χ0) is 26.1. The summed E-state index contributed by atoms with van der Waals surface area (Å²) in [6.45, 7) is 2.51. The smallest absolute Gasteiger partial charge is 0.203 e. The van der Waals surface area contributed by atoms with E-state index >= 15 is 4.39 Å². The average Bonchev–Trinajstić information content (AvgIpc) is 3.57. The molecular weight excluding hydrogens is 478 g/mol. The fourth-order valence-corrected chi connectivity index (χ4v) is 5.04. The van der Waals surface area contributed by atoms with Gasteiger partial charge in [0, 0.05) is 29.3 Å². The molecule has 0 N–H and O–H groups in total. The molecule has 0 aliphatic carbocycles. The minimum atomic E-state index is -0.711. The molecule has 3 heterocycles. The summed E-state index contributed by atoms with van der Waals surface area (Å²) >= 11 is 0. The topological polar surface area (TPSA) is 72.0 Å². The highest BCUT2D eigenvalue weighted by atomic mass is 19.1. The molecule has 0 spiro atoms. The summed E-state index contributed by atoms with van der Waals surface area (Å²) in [5, 5.41) is 10.3. The second-order valence-electron chi connectivity index (χ2n) is 8.83. The summed E-state index contributed by atoms with van der Waals surface area (Å²) in [6.07, 6.45) is 3.95. The van der Waals surface area contributed by atoms with Crippen molar-refractivity contribution >= 4 is 5.65 Å². The molecule has 0 bridgehead atoms. The molecule has 0 unspecified atom stereocenters. The van der Waals surface area contributed by atoms with Crippen LogP contribution in [0.4, 0.5) is 8.78 Å². The molecule has 1 aliphatic heterocycles. The van der Waals surface area contributed by atoms with E-state index in [4.69, 9.17) is 14.2 Å². The Morgan fingerprint density at radius 1 is 0.919 bits per heavy atom. The fraction of sp³-hybridized carbons (Fsp3) is 0.286. The van der Waals surface area contributed by atoms with E-state index in [0.717, 1.165) is 37.7 Å². The Labute approximate surface area is 213 Å². The van der Waals surface area contributed by atoms with E-state index < -0.39 is 11.6 Å². The molecule has 0 radical (unpaired) electrons. The van der Waals surface area contributed by atoms with Crippen LogP contribution in [0.15, 0.2) is 42.6 Å². The number of benzene rings is 2. The van der Waals surface area contributed by atoms with Crippen molar-refractivity contribution < 1.29 is 23.0 Å². The van der Waals surface area contributed by atoms with Gasteiger partial charge in [-0.25, -0.2) is 13.8 Å². The maximum Gasteiger partial charge on any atom is 0.203 e. The van der Waals surface area contributed by atoms with Gasteiger partial charge in [-0.3, -0.25) is 9.30 Å². The Bertz CT molecular complexity index is 1520. The van der Waals surface area contributed by atoms with Crippen molar-refractivity contribution in [2.24, 2.45) is 0 Å². The van der Waals surface area contributed by atoms with Crippen molar-refractivity contribution in [3.05, 3.63) is 65.5 Å². The minimum Gasteiger partial charge on any atom is -0.493 e. The molecule has 9 heteroatoms. The number of aromatic nitrogens is 2. The van der Waals surface area contributed by atoms with Crippen LogP contribution in [-0.4, -0.2) is 48.7 Å². The standard InChI is InChI=1S/C28H26F2N4O3/c1-35-25-9-8-19(26(36-2)27(25)37-3)21-13-24(20-7-6-17(29)12-23(20)30)34-18(16-33-10-4-5-11-33)15-32-28(34)22(21)14-31/h6-9,12-13,15H,4-5,10-11,16H2,1-3H3. The number of methoxy groups -OCH3 is 3. The molecular formula is C28H26F2N4O3. The zero-order valence-electron chi connectivity index (χ0n) is 20.8. The van der Waals surface area contributed by atoms with E-state index in [-0.39, 0.29) is 5.56 Å². The van der Waals surface area contributed by atoms with Gasteiger partial charge in [0.2, 0.25) is 5.75 Å². The van der Waals surface area contributed by atoms with Crippen LogP contribution in [0, 0.1) is 23.0 Å². The first-order valence-electron chi connectivity index (χ1n) is 11.9. The molecule has 4 aromatic rings. The minimum absolute atomic E-state index is 0.192. The molecule has 0 saturated carbocycles. The van der Waals surface area contributed by atoms with Crippen molar-refractivity contribution in [1.82, 2.24) is 14.3 Å². The lowest BCUT2D eigenvalue weighted by molar-refractivity contribution is 0.325. The number of hydrogen-bond donors (Lipinski definition) is 0. The fourth-order valence-electron chi connectivity index (χ4n) is 5.04. The number of nitrogens with zero attached hydrogens (tertiary/aromatic N) is 4. The molecule has 2 aromatic heterocycles. The Balaban J connectivity index is 1.83. The van der Waals surface area contributed by atoms with Gasteiger partial charge in [0.05, 0.1) is 38.9 Å². The number of fused-ring (bicyclic) bond motifs is 1. The van der Waals surface area contributed by atoms with Gasteiger partial charge in [-0.15, -0.1) is 0 Å². The highest BCUT2D eigenvalue weighted by Crippen LogP contribution is 2.46. The van der Waals surface area contributed by atoms with Crippen LogP contribution in [0.25, 0.3) is 28.0 Å². The van der Waals surface area contributed by atoms with Crippen molar-refractivity contribution in [2.45, 2.75) is 19.4 Å². The van der Waals surface area contributed by atoms with Gasteiger partial charge in [-0.2, -0.15) is 5.26 Å². The number of imidazole rings is 1. The molecule has 5 rings (SSSR count). The Morgan fingerprint density at radius 2 is 1.65 bits per heavy atom. The van der Waals surface area contributed by atoms with Crippen LogP contribution >= 0.6 is 0 Å². The molecule has 0 atom stereocenters. The summed E-state index contributed by atoms with van der Waals surface area (Å²) in [6, 6.07) is 11.0. The van der Waals surface area contributed by atoms with E-state index in [0.29, 0.717) is 51.8 Å². The molecule has 1 aliphatic rings. The number of hydrogen-bond acceptors (Lipinski definition) is 6. The van der Waals surface area contributed by atoms with Gasteiger partial charge in [-0.05, 0) is 56.3 Å². The average molecular weight is 505 g/mol. The molecule has 37 heavy (non-hydrogen) atoms. The Kier molecular flexibility index (Phi) is 6.68. The van der Waals surface area contributed by atoms with Crippen LogP contribution in [0.3, 0.4) is 0 Å². The van der Waals surface area contributed by atoms with Crippen molar-refractivity contribution in [2.75, 3.05) is 34.4 Å². The van der Waals surface area contributed by atoms with Crippen LogP contribution in [0.5, 0.6) is 17.2 Å². The lowest BCUT2D eigenvalue weighted by atomic mass is 9.96. The summed E-state index contributed by atoms with van der Waals surface area (Å²) in [4.78, 5) is 6.90. The maximum absolute atomic E-state index is 15.2. The molecule has 2 aromatic carbocycles. The van der Waals surface area contributed by atoms with E-state index in [1.54, 1.807) is 28.8 Å². The third-order valence-corrected chi connectivity index (χ3v) is 6.75. The molecule has 0 amide bonds. The SMILES string of the molecule is COc1ccc(-c2cc(-c3ccc(F)cc3F)n3c(CN4CCCC4)cnc3c2C#N)c(OC)c1OC. The molecule has 190 valence electrons. The highest BCUT2D eigenvalue weighted by molar-refractivity contribution is 5.87.